The van der Waals surface area contributed by atoms with Gasteiger partial charge in [-0.2, -0.15) is 0 Å². The zero-order valence-electron chi connectivity index (χ0n) is 7.23. The maximum absolute atomic E-state index is 10.9. The van der Waals surface area contributed by atoms with Crippen LogP contribution in [0.5, 0.6) is 0 Å². The Bertz CT molecular complexity index is 493. The van der Waals surface area contributed by atoms with Gasteiger partial charge < -0.3 is 10.8 Å². The minimum absolute atomic E-state index is 0.0781. The summed E-state index contributed by atoms with van der Waals surface area (Å²) in [6.07, 6.45) is 0. The maximum Gasteiger partial charge on any atom is 0.248 e. The van der Waals surface area contributed by atoms with Crippen LogP contribution in [0.2, 0.25) is 0 Å². The van der Waals surface area contributed by atoms with E-state index in [4.69, 9.17) is 10.8 Å². The summed E-state index contributed by atoms with van der Waals surface area (Å²) in [6.45, 7) is -0.0781. The summed E-state index contributed by atoms with van der Waals surface area (Å²) in [5.41, 5.74) is 6.39. The molecule has 2 aromatic rings. The van der Waals surface area contributed by atoms with Gasteiger partial charge in [0.05, 0.1) is 16.8 Å². The fourth-order valence-electron chi connectivity index (χ4n) is 1.19. The Labute approximate surface area is 84.0 Å². The van der Waals surface area contributed by atoms with E-state index in [0.717, 1.165) is 10.2 Å². The molecule has 1 amide bonds. The lowest BCUT2D eigenvalue weighted by atomic mass is 10.2. The van der Waals surface area contributed by atoms with Crippen molar-refractivity contribution in [2.24, 2.45) is 5.73 Å². The van der Waals surface area contributed by atoms with E-state index in [2.05, 4.69) is 4.98 Å². The number of rotatable bonds is 2. The van der Waals surface area contributed by atoms with E-state index in [1.165, 1.54) is 11.3 Å². The SMILES string of the molecule is NC(=O)c1ccc2nc(CO)sc2c1. The van der Waals surface area contributed by atoms with Crippen molar-refractivity contribution in [3.63, 3.8) is 0 Å². The molecule has 0 fully saturated rings. The topological polar surface area (TPSA) is 76.2 Å². The van der Waals surface area contributed by atoms with Gasteiger partial charge >= 0.3 is 0 Å². The van der Waals surface area contributed by atoms with E-state index < -0.39 is 5.91 Å². The number of aromatic nitrogens is 1. The minimum Gasteiger partial charge on any atom is -0.389 e. The Morgan fingerprint density at radius 2 is 2.36 bits per heavy atom. The number of aliphatic hydroxyl groups is 1. The number of hydrogen-bond donors (Lipinski definition) is 2. The lowest BCUT2D eigenvalue weighted by Gasteiger charge is -1.92. The predicted molar refractivity (Wildman–Crippen MR) is 54.1 cm³/mol. The molecule has 0 atom stereocenters. The Balaban J connectivity index is 2.59. The van der Waals surface area contributed by atoms with Crippen LogP contribution < -0.4 is 5.73 Å². The van der Waals surface area contributed by atoms with Crippen molar-refractivity contribution < 1.29 is 9.90 Å². The molecule has 0 aliphatic rings. The molecule has 14 heavy (non-hydrogen) atoms. The summed E-state index contributed by atoms with van der Waals surface area (Å²) >= 11 is 1.36. The van der Waals surface area contributed by atoms with Crippen LogP contribution in [-0.2, 0) is 6.61 Å². The van der Waals surface area contributed by atoms with E-state index in [-0.39, 0.29) is 6.61 Å². The number of thiazole rings is 1. The molecule has 3 N–H and O–H groups in total. The van der Waals surface area contributed by atoms with Gasteiger partial charge in [0.25, 0.3) is 0 Å². The Morgan fingerprint density at radius 3 is 3.00 bits per heavy atom. The molecule has 0 aliphatic carbocycles. The minimum atomic E-state index is -0.453. The highest BCUT2D eigenvalue weighted by molar-refractivity contribution is 7.18. The molecular weight excluding hydrogens is 200 g/mol. The molecule has 1 aromatic heterocycles. The predicted octanol–water partition coefficient (Wildman–Crippen LogP) is 0.887. The molecule has 2 rings (SSSR count). The third kappa shape index (κ3) is 1.47. The average Bonchev–Trinajstić information content (AvgIpc) is 2.58. The molecule has 1 aromatic carbocycles. The van der Waals surface area contributed by atoms with Gasteiger partial charge in [-0.1, -0.05) is 0 Å². The zero-order chi connectivity index (χ0) is 10.1. The van der Waals surface area contributed by atoms with Crippen LogP contribution in [0.25, 0.3) is 10.2 Å². The highest BCUT2D eigenvalue weighted by Gasteiger charge is 2.06. The third-order valence-corrected chi connectivity index (χ3v) is 2.86. The van der Waals surface area contributed by atoms with Crippen molar-refractivity contribution in [1.82, 2.24) is 4.98 Å². The second-order valence-corrected chi connectivity index (χ2v) is 3.93. The zero-order valence-corrected chi connectivity index (χ0v) is 8.04. The number of nitrogens with zero attached hydrogens (tertiary/aromatic N) is 1. The first-order valence-electron chi connectivity index (χ1n) is 4.01. The Morgan fingerprint density at radius 1 is 1.57 bits per heavy atom. The molecule has 0 radical (unpaired) electrons. The van der Waals surface area contributed by atoms with E-state index >= 15 is 0 Å². The van der Waals surface area contributed by atoms with Gasteiger partial charge in [-0.15, -0.1) is 11.3 Å². The molecule has 5 heteroatoms. The van der Waals surface area contributed by atoms with Crippen molar-refractivity contribution in [3.05, 3.63) is 28.8 Å². The maximum atomic E-state index is 10.9. The number of nitrogens with two attached hydrogens (primary N) is 1. The highest BCUT2D eigenvalue weighted by Crippen LogP contribution is 2.22. The van der Waals surface area contributed by atoms with Crippen molar-refractivity contribution >= 4 is 27.5 Å². The number of fused-ring (bicyclic) bond motifs is 1. The summed E-state index contributed by atoms with van der Waals surface area (Å²) in [6, 6.07) is 5.05. The van der Waals surface area contributed by atoms with Crippen LogP contribution in [0, 0.1) is 0 Å². The number of carbonyl (C=O) groups excluding carboxylic acids is 1. The number of hydrogen-bond acceptors (Lipinski definition) is 4. The van der Waals surface area contributed by atoms with Crippen LogP contribution in [-0.4, -0.2) is 16.0 Å². The summed E-state index contributed by atoms with van der Waals surface area (Å²) < 4.78 is 0.866. The highest BCUT2D eigenvalue weighted by atomic mass is 32.1. The van der Waals surface area contributed by atoms with E-state index in [1.807, 2.05) is 0 Å². The fourth-order valence-corrected chi connectivity index (χ4v) is 2.06. The number of primary amides is 1. The van der Waals surface area contributed by atoms with Gasteiger partial charge in [0.2, 0.25) is 5.91 Å². The van der Waals surface area contributed by atoms with Gasteiger partial charge in [-0.25, -0.2) is 4.98 Å². The van der Waals surface area contributed by atoms with Crippen molar-refractivity contribution in [2.45, 2.75) is 6.61 Å². The second kappa shape index (κ2) is 3.36. The summed E-state index contributed by atoms with van der Waals surface area (Å²) in [4.78, 5) is 15.0. The molecular formula is C9H8N2O2S. The monoisotopic (exact) mass is 208 g/mol. The number of carbonyl (C=O) groups is 1. The largest absolute Gasteiger partial charge is 0.389 e. The Hall–Kier alpha value is -1.46. The third-order valence-electron chi connectivity index (χ3n) is 1.85. The first-order valence-corrected chi connectivity index (χ1v) is 4.82. The van der Waals surface area contributed by atoms with Gasteiger partial charge in [-0.3, -0.25) is 4.79 Å². The first kappa shape index (κ1) is 9.11. The number of amides is 1. The van der Waals surface area contributed by atoms with Crippen LogP contribution in [0.15, 0.2) is 18.2 Å². The second-order valence-electron chi connectivity index (χ2n) is 2.81. The van der Waals surface area contributed by atoms with Gasteiger partial charge in [0, 0.05) is 5.56 Å². The molecule has 1 heterocycles. The Kier molecular flexibility index (Phi) is 2.18. The molecule has 0 unspecified atom stereocenters. The van der Waals surface area contributed by atoms with Gasteiger partial charge in [0.1, 0.15) is 5.01 Å². The van der Waals surface area contributed by atoms with Crippen LogP contribution in [0.1, 0.15) is 15.4 Å². The van der Waals surface area contributed by atoms with E-state index in [1.54, 1.807) is 18.2 Å². The van der Waals surface area contributed by atoms with E-state index in [0.29, 0.717) is 10.6 Å². The fraction of sp³-hybridized carbons (Fsp3) is 0.111. The molecule has 0 bridgehead atoms. The lowest BCUT2D eigenvalue weighted by Crippen LogP contribution is -2.10. The van der Waals surface area contributed by atoms with Crippen molar-refractivity contribution in [1.29, 1.82) is 0 Å². The molecule has 72 valence electrons. The summed E-state index contributed by atoms with van der Waals surface area (Å²) in [7, 11) is 0. The first-order chi connectivity index (χ1) is 6.70. The molecule has 4 nitrogen and oxygen atoms in total. The number of benzene rings is 1. The molecule has 0 saturated carbocycles. The lowest BCUT2D eigenvalue weighted by molar-refractivity contribution is 0.100. The van der Waals surface area contributed by atoms with Crippen LogP contribution >= 0.6 is 11.3 Å². The van der Waals surface area contributed by atoms with E-state index in [9.17, 15) is 4.79 Å². The normalized spacial score (nSPS) is 10.6. The van der Waals surface area contributed by atoms with Crippen LogP contribution in [0.3, 0.4) is 0 Å². The smallest absolute Gasteiger partial charge is 0.248 e. The average molecular weight is 208 g/mol. The summed E-state index contributed by atoms with van der Waals surface area (Å²) in [5.74, 6) is -0.453. The van der Waals surface area contributed by atoms with Gasteiger partial charge in [0.15, 0.2) is 0 Å². The molecule has 0 saturated heterocycles. The summed E-state index contributed by atoms with van der Waals surface area (Å²) in [5, 5.41) is 9.51. The van der Waals surface area contributed by atoms with Gasteiger partial charge in [-0.05, 0) is 18.2 Å². The number of aliphatic hydroxyl groups excluding tert-OH is 1. The van der Waals surface area contributed by atoms with Crippen molar-refractivity contribution in [2.75, 3.05) is 0 Å². The molecule has 0 aliphatic heterocycles. The quantitative estimate of drug-likeness (QED) is 0.769. The van der Waals surface area contributed by atoms with Crippen LogP contribution in [0.4, 0.5) is 0 Å². The molecule has 0 spiro atoms. The standard InChI is InChI=1S/C9H8N2O2S/c10-9(13)5-1-2-6-7(3-5)14-8(4-12)11-6/h1-3,12H,4H2,(H2,10,13). The van der Waals surface area contributed by atoms with Crippen molar-refractivity contribution in [3.8, 4) is 0 Å².